The van der Waals surface area contributed by atoms with E-state index in [1.165, 1.54) is 7.11 Å². The first-order chi connectivity index (χ1) is 7.69. The van der Waals surface area contributed by atoms with Crippen LogP contribution in [-0.2, 0) is 14.3 Å². The van der Waals surface area contributed by atoms with Gasteiger partial charge in [-0.05, 0) is 24.1 Å². The molecule has 0 radical (unpaired) electrons. The molecule has 90 valence electrons. The van der Waals surface area contributed by atoms with Gasteiger partial charge in [-0.1, -0.05) is 0 Å². The zero-order valence-electron chi connectivity index (χ0n) is 9.18. The lowest BCUT2D eigenvalue weighted by molar-refractivity contribution is -0.144. The molecule has 0 amide bonds. The minimum Gasteiger partial charge on any atom is -0.482 e. The number of aliphatic hydroxyl groups excluding tert-OH is 2. The van der Waals surface area contributed by atoms with Crippen molar-refractivity contribution in [3.8, 4) is 0 Å². The zero-order valence-corrected chi connectivity index (χ0v) is 9.18. The predicted molar refractivity (Wildman–Crippen MR) is 56.4 cm³/mol. The number of allylic oxidation sites excluding steroid dienone is 1. The summed E-state index contributed by atoms with van der Waals surface area (Å²) in [6, 6.07) is 0. The van der Waals surface area contributed by atoms with Crippen LogP contribution in [-0.4, -0.2) is 43.1 Å². The Morgan fingerprint density at radius 2 is 2.31 bits per heavy atom. The first-order valence-electron chi connectivity index (χ1n) is 5.02. The van der Waals surface area contributed by atoms with Crippen LogP contribution in [0, 0.1) is 5.92 Å². The average Bonchev–Trinajstić information content (AvgIpc) is 2.35. The van der Waals surface area contributed by atoms with Gasteiger partial charge in [0.1, 0.15) is 5.76 Å². The molecule has 0 saturated heterocycles. The maximum absolute atomic E-state index is 10.9. The molecule has 0 aromatic carbocycles. The third-order valence-corrected chi connectivity index (χ3v) is 2.29. The fourth-order valence-electron chi connectivity index (χ4n) is 1.45. The van der Waals surface area contributed by atoms with Crippen molar-refractivity contribution >= 4 is 5.97 Å². The summed E-state index contributed by atoms with van der Waals surface area (Å²) in [5.41, 5.74) is 0.779. The van der Waals surface area contributed by atoms with Crippen LogP contribution < -0.4 is 0 Å². The highest BCUT2D eigenvalue weighted by Gasteiger charge is 2.15. The second-order valence-corrected chi connectivity index (χ2v) is 3.54. The summed E-state index contributed by atoms with van der Waals surface area (Å²) in [7, 11) is 1.28. The smallest absolute Gasteiger partial charge is 0.343 e. The number of methoxy groups -OCH3 is 1. The molecule has 0 aromatic rings. The van der Waals surface area contributed by atoms with Gasteiger partial charge in [0.2, 0.25) is 0 Å². The van der Waals surface area contributed by atoms with E-state index in [9.17, 15) is 4.79 Å². The summed E-state index contributed by atoms with van der Waals surface area (Å²) in [5, 5.41) is 18.1. The number of hydrogen-bond acceptors (Lipinski definition) is 5. The lowest BCUT2D eigenvalue weighted by Gasteiger charge is -2.19. The van der Waals surface area contributed by atoms with Gasteiger partial charge >= 0.3 is 5.97 Å². The molecule has 1 unspecified atom stereocenters. The molecule has 0 heterocycles. The summed E-state index contributed by atoms with van der Waals surface area (Å²) in [6.07, 6.45) is 4.02. The van der Waals surface area contributed by atoms with E-state index in [0.29, 0.717) is 12.2 Å². The Labute approximate surface area is 94.0 Å². The largest absolute Gasteiger partial charge is 0.482 e. The van der Waals surface area contributed by atoms with E-state index >= 15 is 0 Å². The number of rotatable bonds is 5. The molecule has 1 aliphatic carbocycles. The van der Waals surface area contributed by atoms with Crippen molar-refractivity contribution in [1.82, 2.24) is 0 Å². The van der Waals surface area contributed by atoms with E-state index in [1.54, 1.807) is 12.2 Å². The molecule has 1 aliphatic rings. The molecule has 2 N–H and O–H groups in total. The van der Waals surface area contributed by atoms with E-state index in [-0.39, 0.29) is 25.7 Å². The Morgan fingerprint density at radius 3 is 2.88 bits per heavy atom. The standard InChI is InChI=1S/C11H16O5/c1-15-11(14)7-16-10-3-8(5-12)2-9(4-10)6-13/h3-4,8,12-13H,2,5-7H2,1H3. The van der Waals surface area contributed by atoms with Crippen LogP contribution in [0.2, 0.25) is 0 Å². The molecule has 16 heavy (non-hydrogen) atoms. The molecule has 1 atom stereocenters. The molecule has 1 rings (SSSR count). The SMILES string of the molecule is COC(=O)COC1=CC(CO)CC(CO)=C1. The van der Waals surface area contributed by atoms with Gasteiger partial charge in [0.05, 0.1) is 13.7 Å². The Hall–Kier alpha value is -1.33. The molecule has 5 heteroatoms. The van der Waals surface area contributed by atoms with Crippen molar-refractivity contribution in [2.75, 3.05) is 26.9 Å². The fraction of sp³-hybridized carbons (Fsp3) is 0.545. The Morgan fingerprint density at radius 1 is 1.56 bits per heavy atom. The van der Waals surface area contributed by atoms with Crippen molar-refractivity contribution in [2.24, 2.45) is 5.92 Å². The van der Waals surface area contributed by atoms with Crippen LogP contribution in [0.5, 0.6) is 0 Å². The van der Waals surface area contributed by atoms with Gasteiger partial charge < -0.3 is 19.7 Å². The van der Waals surface area contributed by atoms with Crippen molar-refractivity contribution in [1.29, 1.82) is 0 Å². The zero-order chi connectivity index (χ0) is 12.0. The molecule has 0 fully saturated rings. The minimum atomic E-state index is -0.467. The molecule has 0 aromatic heterocycles. The first kappa shape index (κ1) is 12.7. The second-order valence-electron chi connectivity index (χ2n) is 3.54. The van der Waals surface area contributed by atoms with Gasteiger partial charge in [-0.25, -0.2) is 4.79 Å². The van der Waals surface area contributed by atoms with Crippen molar-refractivity contribution in [3.63, 3.8) is 0 Å². The quantitative estimate of drug-likeness (QED) is 0.647. The highest BCUT2D eigenvalue weighted by molar-refractivity contribution is 5.70. The molecular weight excluding hydrogens is 212 g/mol. The summed E-state index contributed by atoms with van der Waals surface area (Å²) >= 11 is 0. The van der Waals surface area contributed by atoms with Gasteiger partial charge in [-0.3, -0.25) is 0 Å². The third kappa shape index (κ3) is 3.67. The minimum absolute atomic E-state index is 0.0115. The van der Waals surface area contributed by atoms with E-state index in [0.717, 1.165) is 5.57 Å². The molecule has 0 spiro atoms. The van der Waals surface area contributed by atoms with E-state index in [2.05, 4.69) is 4.74 Å². The maximum atomic E-state index is 10.9. The van der Waals surface area contributed by atoms with Crippen LogP contribution in [0.15, 0.2) is 23.5 Å². The number of hydrogen-bond donors (Lipinski definition) is 2. The van der Waals surface area contributed by atoms with E-state index in [1.807, 2.05) is 0 Å². The van der Waals surface area contributed by atoms with Gasteiger partial charge in [0, 0.05) is 12.5 Å². The Kier molecular flexibility index (Phi) is 5.01. The summed E-state index contributed by atoms with van der Waals surface area (Å²) < 4.78 is 9.62. The van der Waals surface area contributed by atoms with Crippen LogP contribution >= 0.6 is 0 Å². The first-order valence-corrected chi connectivity index (χ1v) is 5.02. The molecule has 5 nitrogen and oxygen atoms in total. The maximum Gasteiger partial charge on any atom is 0.343 e. The number of esters is 1. The number of aliphatic hydroxyl groups is 2. The van der Waals surface area contributed by atoms with Gasteiger partial charge in [-0.2, -0.15) is 0 Å². The van der Waals surface area contributed by atoms with E-state index in [4.69, 9.17) is 14.9 Å². The van der Waals surface area contributed by atoms with Crippen LogP contribution in [0.25, 0.3) is 0 Å². The Balaban J connectivity index is 2.58. The van der Waals surface area contributed by atoms with Gasteiger partial charge in [0.15, 0.2) is 6.61 Å². The van der Waals surface area contributed by atoms with Gasteiger partial charge in [-0.15, -0.1) is 0 Å². The molecule has 0 bridgehead atoms. The summed E-state index contributed by atoms with van der Waals surface area (Å²) in [4.78, 5) is 10.9. The van der Waals surface area contributed by atoms with Crippen molar-refractivity contribution in [2.45, 2.75) is 6.42 Å². The highest BCUT2D eigenvalue weighted by atomic mass is 16.6. The summed E-state index contributed by atoms with van der Waals surface area (Å²) in [5.74, 6) is -0.0504. The normalized spacial score (nSPS) is 19.8. The van der Waals surface area contributed by atoms with E-state index < -0.39 is 5.97 Å². The molecule has 0 aliphatic heterocycles. The summed E-state index contributed by atoms with van der Waals surface area (Å²) in [6.45, 7) is -0.256. The lowest BCUT2D eigenvalue weighted by Crippen LogP contribution is -2.15. The van der Waals surface area contributed by atoms with Crippen molar-refractivity contribution in [3.05, 3.63) is 23.5 Å². The fourth-order valence-corrected chi connectivity index (χ4v) is 1.45. The van der Waals surface area contributed by atoms with Crippen LogP contribution in [0.3, 0.4) is 0 Å². The Bertz CT molecular complexity index is 305. The molecular formula is C11H16O5. The van der Waals surface area contributed by atoms with Crippen molar-refractivity contribution < 1.29 is 24.5 Å². The predicted octanol–water partition coefficient (Wildman–Crippen LogP) is -0.00920. The second kappa shape index (κ2) is 6.30. The highest BCUT2D eigenvalue weighted by Crippen LogP contribution is 2.22. The lowest BCUT2D eigenvalue weighted by atomic mass is 9.94. The monoisotopic (exact) mass is 228 g/mol. The average molecular weight is 228 g/mol. The van der Waals surface area contributed by atoms with Crippen LogP contribution in [0.4, 0.5) is 0 Å². The number of ether oxygens (including phenoxy) is 2. The van der Waals surface area contributed by atoms with Crippen LogP contribution in [0.1, 0.15) is 6.42 Å². The third-order valence-electron chi connectivity index (χ3n) is 2.29. The van der Waals surface area contributed by atoms with Gasteiger partial charge in [0.25, 0.3) is 0 Å². The number of carbonyl (C=O) groups is 1. The number of carbonyl (C=O) groups excluding carboxylic acids is 1. The molecule has 0 saturated carbocycles. The topological polar surface area (TPSA) is 76.0 Å².